The van der Waals surface area contributed by atoms with Crippen LogP contribution in [0.3, 0.4) is 0 Å². The van der Waals surface area contributed by atoms with Crippen LogP contribution in [0.4, 0.5) is 0 Å². The Balaban J connectivity index is 1.90. The zero-order valence-electron chi connectivity index (χ0n) is 21.9. The number of aliphatic hydroxyl groups is 3. The number of ether oxygens (including phenoxy) is 3. The van der Waals surface area contributed by atoms with E-state index in [1.54, 1.807) is 91.0 Å². The Kier molecular flexibility index (Phi) is 6.58. The Morgan fingerprint density at radius 1 is 0.794 bits per heavy atom. The van der Waals surface area contributed by atoms with Crippen molar-refractivity contribution >= 4 is 0 Å². The number of hydrogen-bond acceptors (Lipinski definition) is 6. The van der Waals surface area contributed by atoms with Crippen LogP contribution < -0.4 is 0 Å². The Morgan fingerprint density at radius 3 is 1.74 bits per heavy atom. The van der Waals surface area contributed by atoms with Crippen molar-refractivity contribution in [1.29, 1.82) is 0 Å². The molecule has 180 valence electrons. The molecule has 0 spiro atoms. The summed E-state index contributed by atoms with van der Waals surface area (Å²) < 4.78 is 44.3. The van der Waals surface area contributed by atoms with E-state index in [-0.39, 0.29) is 0 Å². The van der Waals surface area contributed by atoms with Crippen LogP contribution in [-0.4, -0.2) is 58.7 Å². The van der Waals surface area contributed by atoms with Crippen molar-refractivity contribution in [1.82, 2.24) is 0 Å². The average Bonchev–Trinajstić information content (AvgIpc) is 2.96. The Hall–Kier alpha value is -2.58. The standard InChI is InChI=1S/C28H32O6/c1-32-26-28(31,18-22-13-7-3-8-14-22)27(30,17-21-11-5-2-6-12-21)25(24(19-29)34-26)33-20-23-15-9-4-10-16-23/h2-16,24-26,29-31H,17-20H2,1H3/t24-,25-,26?,27+,28+/m1/s1/i17D,18D,20D/t17?,18?,20?,24-,25-,26?,27+,28+. The number of benzene rings is 3. The van der Waals surface area contributed by atoms with Crippen molar-refractivity contribution in [2.75, 3.05) is 13.7 Å². The van der Waals surface area contributed by atoms with Crippen LogP contribution in [0.2, 0.25) is 0 Å². The maximum absolute atomic E-state index is 12.6. The van der Waals surface area contributed by atoms with Gasteiger partial charge in [0, 0.05) is 22.6 Å². The second-order valence-corrected chi connectivity index (χ2v) is 8.27. The highest BCUT2D eigenvalue weighted by molar-refractivity contribution is 5.27. The van der Waals surface area contributed by atoms with Gasteiger partial charge < -0.3 is 29.5 Å². The van der Waals surface area contributed by atoms with Crippen molar-refractivity contribution in [3.05, 3.63) is 108 Å². The summed E-state index contributed by atoms with van der Waals surface area (Å²) in [5.41, 5.74) is -3.98. The van der Waals surface area contributed by atoms with Gasteiger partial charge in [0.15, 0.2) is 11.9 Å². The van der Waals surface area contributed by atoms with Gasteiger partial charge in [-0.1, -0.05) is 91.0 Å². The monoisotopic (exact) mass is 467 g/mol. The largest absolute Gasteiger partial charge is 0.394 e. The second-order valence-electron chi connectivity index (χ2n) is 8.27. The molecule has 3 N–H and O–H groups in total. The fourth-order valence-corrected chi connectivity index (χ4v) is 4.27. The predicted octanol–water partition coefficient (Wildman–Crippen LogP) is 2.88. The lowest BCUT2D eigenvalue weighted by Gasteiger charge is -2.56. The van der Waals surface area contributed by atoms with Crippen molar-refractivity contribution in [3.8, 4) is 0 Å². The van der Waals surface area contributed by atoms with Crippen LogP contribution in [0.5, 0.6) is 0 Å². The van der Waals surface area contributed by atoms with Crippen molar-refractivity contribution < 1.29 is 33.6 Å². The third-order valence-electron chi connectivity index (χ3n) is 5.99. The van der Waals surface area contributed by atoms with E-state index >= 15 is 0 Å². The lowest BCUT2D eigenvalue weighted by molar-refractivity contribution is -0.375. The van der Waals surface area contributed by atoms with E-state index in [0.29, 0.717) is 16.7 Å². The second kappa shape index (κ2) is 10.8. The van der Waals surface area contributed by atoms with Crippen molar-refractivity contribution in [2.24, 2.45) is 0 Å². The van der Waals surface area contributed by atoms with Crippen LogP contribution >= 0.6 is 0 Å². The van der Waals surface area contributed by atoms with E-state index in [2.05, 4.69) is 0 Å². The lowest BCUT2D eigenvalue weighted by Crippen LogP contribution is -2.76. The molecule has 0 radical (unpaired) electrons. The Bertz CT molecular complexity index is 1120. The van der Waals surface area contributed by atoms with Crippen LogP contribution in [0.1, 0.15) is 20.8 Å². The smallest absolute Gasteiger partial charge is 0.189 e. The van der Waals surface area contributed by atoms with E-state index in [9.17, 15) is 16.7 Å². The molecule has 6 nitrogen and oxygen atoms in total. The number of hydrogen-bond donors (Lipinski definition) is 3. The van der Waals surface area contributed by atoms with Gasteiger partial charge in [0.1, 0.15) is 17.8 Å². The predicted molar refractivity (Wildman–Crippen MR) is 128 cm³/mol. The number of rotatable bonds is 9. The maximum atomic E-state index is 12.6. The molecule has 0 aromatic heterocycles. The quantitative estimate of drug-likeness (QED) is 0.449. The van der Waals surface area contributed by atoms with Gasteiger partial charge in [-0.3, -0.25) is 0 Å². The molecule has 1 aliphatic heterocycles. The highest BCUT2D eigenvalue weighted by Gasteiger charge is 2.65. The van der Waals surface area contributed by atoms with Gasteiger partial charge >= 0.3 is 0 Å². The molecule has 3 aromatic carbocycles. The van der Waals surface area contributed by atoms with E-state index in [4.69, 9.17) is 17.0 Å². The summed E-state index contributed by atoms with van der Waals surface area (Å²) >= 11 is 0. The van der Waals surface area contributed by atoms with E-state index in [1.165, 1.54) is 7.11 Å². The fraction of sp³-hybridized carbons (Fsp3) is 0.357. The minimum absolute atomic E-state index is 0.340. The summed E-state index contributed by atoms with van der Waals surface area (Å²) in [6, 6.07) is 25.4. The van der Waals surface area contributed by atoms with E-state index in [0.717, 1.165) is 0 Å². The third-order valence-corrected chi connectivity index (χ3v) is 5.99. The molecule has 1 fully saturated rings. The normalized spacial score (nSPS) is 33.2. The molecule has 1 saturated heterocycles. The summed E-state index contributed by atoms with van der Waals surface area (Å²) in [7, 11) is 1.25. The highest BCUT2D eigenvalue weighted by atomic mass is 16.7. The minimum Gasteiger partial charge on any atom is -0.394 e. The van der Waals surface area contributed by atoms with Gasteiger partial charge in [-0.25, -0.2) is 0 Å². The SMILES string of the molecule is [2H]C(O[C@@H]1[C@@H](CO)OC(OC)[C@@](O)(C([2H])c2ccccc2)[C@]1(O)C([2H])c1ccccc1)c1ccccc1. The highest BCUT2D eigenvalue weighted by Crippen LogP contribution is 2.44. The Morgan fingerprint density at radius 2 is 1.26 bits per heavy atom. The van der Waals surface area contributed by atoms with Crippen LogP contribution in [0, 0.1) is 0 Å². The molecule has 1 heterocycles. The molecule has 3 aromatic rings. The third kappa shape index (κ3) is 4.93. The zero-order chi connectivity index (χ0) is 26.6. The molecule has 0 aliphatic carbocycles. The van der Waals surface area contributed by atoms with E-state index < -0.39 is 55.7 Å². The molecule has 34 heavy (non-hydrogen) atoms. The topological polar surface area (TPSA) is 88.4 Å². The molecule has 1 aliphatic rings. The minimum atomic E-state index is -2.57. The molecule has 4 rings (SSSR count). The molecular formula is C28H32O6. The summed E-state index contributed by atoms with van der Waals surface area (Å²) in [5.74, 6) is 0. The average molecular weight is 468 g/mol. The van der Waals surface area contributed by atoms with Gasteiger partial charge in [0.05, 0.1) is 14.6 Å². The van der Waals surface area contributed by atoms with Crippen molar-refractivity contribution in [3.63, 3.8) is 0 Å². The summed E-state index contributed by atoms with van der Waals surface area (Å²) in [4.78, 5) is 0. The lowest BCUT2D eigenvalue weighted by atomic mass is 9.68. The van der Waals surface area contributed by atoms with Gasteiger partial charge in [0.2, 0.25) is 0 Å². The first-order valence-corrected chi connectivity index (χ1v) is 11.1. The molecular weight excluding hydrogens is 432 g/mol. The van der Waals surface area contributed by atoms with Crippen LogP contribution in [-0.2, 0) is 33.6 Å². The first kappa shape index (κ1) is 20.8. The van der Waals surface area contributed by atoms with Gasteiger partial charge in [-0.05, 0) is 16.7 Å². The Labute approximate surface area is 204 Å². The molecule has 6 heteroatoms. The van der Waals surface area contributed by atoms with Gasteiger partial charge in [-0.15, -0.1) is 0 Å². The number of aliphatic hydroxyl groups excluding tert-OH is 1. The zero-order valence-corrected chi connectivity index (χ0v) is 18.9. The van der Waals surface area contributed by atoms with Crippen LogP contribution in [0.15, 0.2) is 91.0 Å². The molecule has 0 amide bonds. The van der Waals surface area contributed by atoms with E-state index in [1.807, 2.05) is 0 Å². The summed E-state index contributed by atoms with van der Waals surface area (Å²) in [5, 5.41) is 35.2. The molecule has 0 saturated carbocycles. The first-order chi connectivity index (χ1) is 17.8. The van der Waals surface area contributed by atoms with Crippen LogP contribution in [0.25, 0.3) is 0 Å². The fourth-order valence-electron chi connectivity index (χ4n) is 4.27. The first-order valence-electron chi connectivity index (χ1n) is 12.8. The van der Waals surface area contributed by atoms with Gasteiger partial charge in [-0.2, -0.15) is 0 Å². The van der Waals surface area contributed by atoms with Crippen molar-refractivity contribution in [2.45, 2.75) is 49.1 Å². The molecule has 0 bridgehead atoms. The molecule has 8 atom stereocenters. The molecule has 4 unspecified atom stereocenters. The summed E-state index contributed by atoms with van der Waals surface area (Å²) in [6.45, 7) is -2.00. The number of methoxy groups -OCH3 is 1. The summed E-state index contributed by atoms with van der Waals surface area (Å²) in [6.07, 6.45) is -7.58. The van der Waals surface area contributed by atoms with Gasteiger partial charge in [0.25, 0.3) is 0 Å². The maximum Gasteiger partial charge on any atom is 0.189 e.